The Morgan fingerprint density at radius 2 is 1.88 bits per heavy atom. The first-order valence-corrected chi connectivity index (χ1v) is 7.01. The second-order valence-corrected chi connectivity index (χ2v) is 4.89. The van der Waals surface area contributed by atoms with Gasteiger partial charge in [0, 0.05) is 11.9 Å². The molecule has 130 valence electrons. The van der Waals surface area contributed by atoms with Crippen LogP contribution in [0.25, 0.3) is 0 Å². The van der Waals surface area contributed by atoms with Crippen molar-refractivity contribution in [3.05, 3.63) is 59.9 Å². The molecule has 0 spiro atoms. The molecule has 0 saturated carbocycles. The number of aromatic nitrogens is 1. The van der Waals surface area contributed by atoms with Crippen molar-refractivity contribution in [2.75, 3.05) is 5.32 Å². The number of alkyl halides is 3. The van der Waals surface area contributed by atoms with Crippen LogP contribution in [0.1, 0.15) is 23.0 Å². The van der Waals surface area contributed by atoms with Crippen molar-refractivity contribution < 1.29 is 22.8 Å². The number of hydrazone groups is 1. The standard InChI is InChI=1S/C16H13F3N4O2/c1-10(22-23-14(24)13-7-2-3-8-20-13)11-5-4-6-12(9-11)21-15(25)16(17,18)19/h2-9H,1H3,(H,21,25)(H,23,24)/b22-10+. The van der Waals surface area contributed by atoms with Gasteiger partial charge in [-0.1, -0.05) is 18.2 Å². The maximum Gasteiger partial charge on any atom is 0.471 e. The molecule has 2 rings (SSSR count). The third-order valence-electron chi connectivity index (χ3n) is 3.02. The number of hydrogen-bond acceptors (Lipinski definition) is 4. The summed E-state index contributed by atoms with van der Waals surface area (Å²) in [6.07, 6.45) is -3.52. The normalized spacial score (nSPS) is 11.8. The minimum atomic E-state index is -4.98. The molecule has 0 aliphatic heterocycles. The molecule has 0 unspecified atom stereocenters. The molecular formula is C16H13F3N4O2. The fourth-order valence-electron chi connectivity index (χ4n) is 1.78. The summed E-state index contributed by atoms with van der Waals surface area (Å²) in [5.41, 5.74) is 3.21. The Labute approximate surface area is 140 Å². The van der Waals surface area contributed by atoms with Gasteiger partial charge in [-0.15, -0.1) is 0 Å². The van der Waals surface area contributed by atoms with Crippen molar-refractivity contribution in [3.63, 3.8) is 0 Å². The number of pyridine rings is 1. The molecule has 0 saturated heterocycles. The van der Waals surface area contributed by atoms with Gasteiger partial charge in [0.25, 0.3) is 5.91 Å². The van der Waals surface area contributed by atoms with Crippen molar-refractivity contribution >= 4 is 23.2 Å². The Morgan fingerprint density at radius 3 is 2.52 bits per heavy atom. The van der Waals surface area contributed by atoms with Crippen LogP contribution in [0, 0.1) is 0 Å². The Kier molecular flexibility index (Phi) is 5.48. The van der Waals surface area contributed by atoms with E-state index in [0.717, 1.165) is 0 Å². The van der Waals surface area contributed by atoms with Crippen LogP contribution in [-0.4, -0.2) is 28.7 Å². The van der Waals surface area contributed by atoms with Crippen molar-refractivity contribution in [2.45, 2.75) is 13.1 Å². The van der Waals surface area contributed by atoms with Gasteiger partial charge in [0.2, 0.25) is 0 Å². The van der Waals surface area contributed by atoms with Crippen LogP contribution in [0.15, 0.2) is 53.8 Å². The summed E-state index contributed by atoms with van der Waals surface area (Å²) in [5, 5.41) is 5.63. The van der Waals surface area contributed by atoms with E-state index in [1.54, 1.807) is 30.4 Å². The molecule has 2 amide bonds. The van der Waals surface area contributed by atoms with Gasteiger partial charge in [0.1, 0.15) is 5.69 Å². The summed E-state index contributed by atoms with van der Waals surface area (Å²) in [5.74, 6) is -2.59. The highest BCUT2D eigenvalue weighted by atomic mass is 19.4. The molecule has 0 aliphatic rings. The Morgan fingerprint density at radius 1 is 1.12 bits per heavy atom. The lowest BCUT2D eigenvalue weighted by Crippen LogP contribution is -2.29. The first-order chi connectivity index (χ1) is 11.8. The number of anilines is 1. The molecule has 0 aliphatic carbocycles. The van der Waals surface area contributed by atoms with E-state index in [0.29, 0.717) is 11.3 Å². The quantitative estimate of drug-likeness (QED) is 0.657. The lowest BCUT2D eigenvalue weighted by atomic mass is 10.1. The van der Waals surface area contributed by atoms with Gasteiger partial charge >= 0.3 is 12.1 Å². The van der Waals surface area contributed by atoms with Crippen molar-refractivity contribution in [2.24, 2.45) is 5.10 Å². The van der Waals surface area contributed by atoms with E-state index in [1.807, 2.05) is 0 Å². The van der Waals surface area contributed by atoms with Crippen LogP contribution in [0.4, 0.5) is 18.9 Å². The first kappa shape index (κ1) is 18.1. The van der Waals surface area contributed by atoms with Gasteiger partial charge < -0.3 is 5.32 Å². The van der Waals surface area contributed by atoms with Crippen LogP contribution in [0.2, 0.25) is 0 Å². The average Bonchev–Trinajstić information content (AvgIpc) is 2.59. The first-order valence-electron chi connectivity index (χ1n) is 7.01. The highest BCUT2D eigenvalue weighted by molar-refractivity contribution is 6.02. The summed E-state index contributed by atoms with van der Waals surface area (Å²) in [6.45, 7) is 1.56. The fourth-order valence-corrected chi connectivity index (χ4v) is 1.78. The molecular weight excluding hydrogens is 337 g/mol. The number of hydrogen-bond donors (Lipinski definition) is 2. The van der Waals surface area contributed by atoms with E-state index in [9.17, 15) is 22.8 Å². The fraction of sp³-hybridized carbons (Fsp3) is 0.125. The topological polar surface area (TPSA) is 83.4 Å². The van der Waals surface area contributed by atoms with E-state index >= 15 is 0 Å². The molecule has 0 fully saturated rings. The molecule has 9 heteroatoms. The zero-order valence-corrected chi connectivity index (χ0v) is 13.0. The number of benzene rings is 1. The molecule has 6 nitrogen and oxygen atoms in total. The summed E-state index contributed by atoms with van der Waals surface area (Å²) >= 11 is 0. The summed E-state index contributed by atoms with van der Waals surface area (Å²) in [7, 11) is 0. The van der Waals surface area contributed by atoms with Gasteiger partial charge in [0.15, 0.2) is 0 Å². The Hall–Kier alpha value is -3.23. The SMILES string of the molecule is C/C(=N\NC(=O)c1ccccn1)c1cccc(NC(=O)C(F)(F)F)c1. The third kappa shape index (κ3) is 5.13. The molecule has 0 bridgehead atoms. The van der Waals surface area contributed by atoms with Crippen LogP contribution in [0.5, 0.6) is 0 Å². The van der Waals surface area contributed by atoms with Gasteiger partial charge in [0.05, 0.1) is 5.71 Å². The number of nitrogens with zero attached hydrogens (tertiary/aromatic N) is 2. The highest BCUT2D eigenvalue weighted by Crippen LogP contribution is 2.19. The third-order valence-corrected chi connectivity index (χ3v) is 3.02. The molecule has 0 radical (unpaired) electrons. The van der Waals surface area contributed by atoms with E-state index < -0.39 is 18.0 Å². The largest absolute Gasteiger partial charge is 0.471 e. The molecule has 1 aromatic heterocycles. The highest BCUT2D eigenvalue weighted by Gasteiger charge is 2.38. The molecule has 1 heterocycles. The van der Waals surface area contributed by atoms with Crippen LogP contribution in [0.3, 0.4) is 0 Å². The molecule has 25 heavy (non-hydrogen) atoms. The van der Waals surface area contributed by atoms with E-state index in [1.165, 1.54) is 30.5 Å². The zero-order chi connectivity index (χ0) is 18.4. The Bertz CT molecular complexity index is 805. The number of carbonyl (C=O) groups excluding carboxylic acids is 2. The summed E-state index contributed by atoms with van der Waals surface area (Å²) in [4.78, 5) is 26.7. The second-order valence-electron chi connectivity index (χ2n) is 4.89. The van der Waals surface area contributed by atoms with Gasteiger partial charge in [-0.25, -0.2) is 5.43 Å². The maximum absolute atomic E-state index is 12.3. The van der Waals surface area contributed by atoms with Gasteiger partial charge in [-0.3, -0.25) is 14.6 Å². The number of nitrogens with one attached hydrogen (secondary N) is 2. The molecule has 2 aromatic rings. The zero-order valence-electron chi connectivity index (χ0n) is 13.0. The lowest BCUT2D eigenvalue weighted by molar-refractivity contribution is -0.167. The number of amides is 2. The van der Waals surface area contributed by atoms with Crippen LogP contribution >= 0.6 is 0 Å². The average molecular weight is 350 g/mol. The predicted octanol–water partition coefficient (Wildman–Crippen LogP) is 2.74. The molecule has 0 atom stereocenters. The van der Waals surface area contributed by atoms with Crippen molar-refractivity contribution in [1.82, 2.24) is 10.4 Å². The Balaban J connectivity index is 2.09. The van der Waals surface area contributed by atoms with Crippen LogP contribution < -0.4 is 10.7 Å². The summed E-state index contributed by atoms with van der Waals surface area (Å²) in [6, 6.07) is 10.5. The minimum absolute atomic E-state index is 0.0366. The molecule has 1 aromatic carbocycles. The van der Waals surface area contributed by atoms with E-state index in [2.05, 4.69) is 15.5 Å². The number of rotatable bonds is 4. The van der Waals surface area contributed by atoms with Gasteiger partial charge in [-0.05, 0) is 36.8 Å². The van der Waals surface area contributed by atoms with E-state index in [4.69, 9.17) is 0 Å². The number of halogens is 3. The van der Waals surface area contributed by atoms with Crippen molar-refractivity contribution in [3.8, 4) is 0 Å². The smallest absolute Gasteiger partial charge is 0.318 e. The predicted molar refractivity (Wildman–Crippen MR) is 85.0 cm³/mol. The van der Waals surface area contributed by atoms with E-state index in [-0.39, 0.29) is 11.4 Å². The minimum Gasteiger partial charge on any atom is -0.318 e. The molecule has 2 N–H and O–H groups in total. The second kappa shape index (κ2) is 7.56. The van der Waals surface area contributed by atoms with Crippen LogP contribution in [-0.2, 0) is 4.79 Å². The lowest BCUT2D eigenvalue weighted by Gasteiger charge is -2.09. The number of carbonyl (C=O) groups is 2. The van der Waals surface area contributed by atoms with Crippen molar-refractivity contribution in [1.29, 1.82) is 0 Å². The summed E-state index contributed by atoms with van der Waals surface area (Å²) < 4.78 is 36.8. The maximum atomic E-state index is 12.3. The van der Waals surface area contributed by atoms with Gasteiger partial charge in [-0.2, -0.15) is 18.3 Å². The monoisotopic (exact) mass is 350 g/mol.